The van der Waals surface area contributed by atoms with Gasteiger partial charge in [0.15, 0.2) is 5.96 Å². The molecule has 1 heterocycles. The molecule has 0 saturated carbocycles. The smallest absolute Gasteiger partial charge is 0.222 e. The fourth-order valence-electron chi connectivity index (χ4n) is 2.46. The Morgan fingerprint density at radius 1 is 1.23 bits per heavy atom. The number of carbonyl (C=O) groups is 1. The van der Waals surface area contributed by atoms with E-state index in [1.165, 1.54) is 0 Å². The number of H-pyrrole nitrogens is 1. The molecule has 0 aliphatic carbocycles. The lowest BCUT2D eigenvalue weighted by atomic mass is 10.2. The van der Waals surface area contributed by atoms with Crippen molar-refractivity contribution in [1.82, 2.24) is 25.5 Å². The Morgan fingerprint density at radius 3 is 2.58 bits per heavy atom. The molecule has 0 radical (unpaired) electrons. The molecule has 0 aliphatic rings. The van der Waals surface area contributed by atoms with Gasteiger partial charge in [-0.05, 0) is 5.56 Å². The lowest BCUT2D eigenvalue weighted by Gasteiger charge is -2.21. The maximum atomic E-state index is 11.6. The van der Waals surface area contributed by atoms with Gasteiger partial charge in [-0.1, -0.05) is 44.2 Å². The molecular weight excluding hydrogens is 328 g/mol. The van der Waals surface area contributed by atoms with Crippen molar-refractivity contribution in [3.05, 3.63) is 42.4 Å². The monoisotopic (exact) mass is 356 g/mol. The van der Waals surface area contributed by atoms with Gasteiger partial charge in [0, 0.05) is 33.1 Å². The third kappa shape index (κ3) is 5.61. The highest BCUT2D eigenvalue weighted by atomic mass is 16.1. The Bertz CT molecular complexity index is 723. The maximum Gasteiger partial charge on any atom is 0.222 e. The molecule has 7 heteroatoms. The predicted octanol–water partition coefficient (Wildman–Crippen LogP) is 1.86. The molecule has 0 spiro atoms. The Morgan fingerprint density at radius 2 is 1.92 bits per heavy atom. The van der Waals surface area contributed by atoms with Crippen LogP contribution in [0, 0.1) is 5.92 Å². The van der Waals surface area contributed by atoms with Crippen LogP contribution in [0.25, 0.3) is 11.3 Å². The summed E-state index contributed by atoms with van der Waals surface area (Å²) in [4.78, 5) is 25.6. The minimum absolute atomic E-state index is 0.00486. The van der Waals surface area contributed by atoms with Gasteiger partial charge in [-0.25, -0.2) is 4.98 Å². The van der Waals surface area contributed by atoms with E-state index in [4.69, 9.17) is 0 Å². The first kappa shape index (κ1) is 19.5. The van der Waals surface area contributed by atoms with Crippen LogP contribution in [-0.2, 0) is 11.3 Å². The molecule has 7 nitrogen and oxygen atoms in total. The van der Waals surface area contributed by atoms with Crippen molar-refractivity contribution in [2.24, 2.45) is 10.9 Å². The first-order chi connectivity index (χ1) is 12.5. The zero-order chi connectivity index (χ0) is 18.9. The highest BCUT2D eigenvalue weighted by Gasteiger charge is 2.10. The minimum Gasteiger partial charge on any atom is -0.354 e. The quantitative estimate of drug-likeness (QED) is 0.402. The van der Waals surface area contributed by atoms with E-state index in [0.717, 1.165) is 23.0 Å². The number of hydrogen-bond donors (Lipinski definition) is 3. The van der Waals surface area contributed by atoms with Crippen LogP contribution in [0.2, 0.25) is 0 Å². The maximum absolute atomic E-state index is 11.6. The van der Waals surface area contributed by atoms with Crippen molar-refractivity contribution in [2.75, 3.05) is 27.2 Å². The topological polar surface area (TPSA) is 85.4 Å². The summed E-state index contributed by atoms with van der Waals surface area (Å²) >= 11 is 0. The number of aromatic nitrogens is 2. The van der Waals surface area contributed by atoms with Crippen molar-refractivity contribution in [3.63, 3.8) is 0 Å². The van der Waals surface area contributed by atoms with Gasteiger partial charge in [-0.15, -0.1) is 0 Å². The molecular formula is C19H28N6O. The zero-order valence-electron chi connectivity index (χ0n) is 15.9. The molecule has 140 valence electrons. The Labute approximate surface area is 154 Å². The summed E-state index contributed by atoms with van der Waals surface area (Å²) in [6, 6.07) is 10.1. The van der Waals surface area contributed by atoms with Crippen LogP contribution in [0.3, 0.4) is 0 Å². The second-order valence-electron chi connectivity index (χ2n) is 6.39. The largest absolute Gasteiger partial charge is 0.354 e. The Balaban J connectivity index is 1.84. The summed E-state index contributed by atoms with van der Waals surface area (Å²) in [5.41, 5.74) is 2.10. The minimum atomic E-state index is -0.00486. The van der Waals surface area contributed by atoms with Crippen molar-refractivity contribution in [3.8, 4) is 11.3 Å². The second-order valence-corrected chi connectivity index (χ2v) is 6.39. The molecule has 0 aliphatic heterocycles. The third-order valence-corrected chi connectivity index (χ3v) is 3.91. The van der Waals surface area contributed by atoms with Crippen LogP contribution < -0.4 is 10.6 Å². The lowest BCUT2D eigenvalue weighted by Crippen LogP contribution is -2.42. The molecule has 2 aromatic rings. The molecule has 2 rings (SSSR count). The van der Waals surface area contributed by atoms with Crippen LogP contribution in [0.1, 0.15) is 19.7 Å². The van der Waals surface area contributed by atoms with Crippen molar-refractivity contribution in [1.29, 1.82) is 0 Å². The van der Waals surface area contributed by atoms with Crippen molar-refractivity contribution < 1.29 is 4.79 Å². The molecule has 0 saturated heterocycles. The van der Waals surface area contributed by atoms with Crippen LogP contribution >= 0.6 is 0 Å². The molecule has 0 unspecified atom stereocenters. The van der Waals surface area contributed by atoms with E-state index in [1.54, 1.807) is 7.05 Å². The molecule has 0 atom stereocenters. The summed E-state index contributed by atoms with van der Waals surface area (Å²) in [6.07, 6.45) is 1.84. The number of rotatable bonds is 7. The lowest BCUT2D eigenvalue weighted by molar-refractivity contribution is -0.123. The van der Waals surface area contributed by atoms with Gasteiger partial charge in [0.2, 0.25) is 5.91 Å². The molecule has 1 aromatic heterocycles. The zero-order valence-corrected chi connectivity index (χ0v) is 15.9. The van der Waals surface area contributed by atoms with Gasteiger partial charge in [0.25, 0.3) is 0 Å². The van der Waals surface area contributed by atoms with E-state index in [-0.39, 0.29) is 11.8 Å². The molecule has 0 bridgehead atoms. The highest BCUT2D eigenvalue weighted by molar-refractivity contribution is 5.80. The molecule has 1 amide bonds. The molecule has 0 fully saturated rings. The summed E-state index contributed by atoms with van der Waals surface area (Å²) in [5.74, 6) is 1.66. The van der Waals surface area contributed by atoms with Gasteiger partial charge >= 0.3 is 0 Å². The molecule has 26 heavy (non-hydrogen) atoms. The van der Waals surface area contributed by atoms with Crippen LogP contribution in [0.5, 0.6) is 0 Å². The fourth-order valence-corrected chi connectivity index (χ4v) is 2.46. The summed E-state index contributed by atoms with van der Waals surface area (Å²) in [7, 11) is 3.69. The standard InChI is InChI=1S/C19H28N6O/c1-14(2)18(26)21-10-11-22-19(20-3)25(4)13-17-23-12-16(24-17)15-8-6-5-7-9-15/h5-9,12,14H,10-11,13H2,1-4H3,(H,20,22)(H,21,26)(H,23,24). The number of guanidine groups is 1. The number of imidazole rings is 1. The summed E-state index contributed by atoms with van der Waals surface area (Å²) in [6.45, 7) is 5.53. The van der Waals surface area contributed by atoms with Gasteiger partial charge in [-0.3, -0.25) is 9.79 Å². The molecule has 1 aromatic carbocycles. The average Bonchev–Trinajstić information content (AvgIpc) is 3.10. The Hall–Kier alpha value is -2.83. The number of hydrogen-bond acceptors (Lipinski definition) is 3. The summed E-state index contributed by atoms with van der Waals surface area (Å²) < 4.78 is 0. The van der Waals surface area contributed by atoms with E-state index in [1.807, 2.05) is 62.3 Å². The number of carbonyl (C=O) groups excluding carboxylic acids is 1. The van der Waals surface area contributed by atoms with Crippen LogP contribution in [0.15, 0.2) is 41.5 Å². The average molecular weight is 356 g/mol. The fraction of sp³-hybridized carbons (Fsp3) is 0.421. The SMILES string of the molecule is CN=C(NCCNC(=O)C(C)C)N(C)Cc1ncc(-c2ccccc2)[nH]1. The van der Waals surface area contributed by atoms with E-state index >= 15 is 0 Å². The summed E-state index contributed by atoms with van der Waals surface area (Å²) in [5, 5.41) is 6.12. The van der Waals surface area contributed by atoms with Gasteiger partial charge in [-0.2, -0.15) is 0 Å². The Kier molecular flexibility index (Phi) is 7.20. The number of amides is 1. The van der Waals surface area contributed by atoms with Crippen LogP contribution in [0.4, 0.5) is 0 Å². The molecule has 3 N–H and O–H groups in total. The van der Waals surface area contributed by atoms with E-state index in [2.05, 4.69) is 25.6 Å². The van der Waals surface area contributed by atoms with Crippen molar-refractivity contribution >= 4 is 11.9 Å². The van der Waals surface area contributed by atoms with Crippen LogP contribution in [-0.4, -0.2) is 53.9 Å². The number of aromatic amines is 1. The third-order valence-electron chi connectivity index (χ3n) is 3.91. The van der Waals surface area contributed by atoms with Gasteiger partial charge < -0.3 is 20.5 Å². The second kappa shape index (κ2) is 9.60. The number of nitrogens with zero attached hydrogens (tertiary/aromatic N) is 3. The number of aliphatic imine (C=N–C) groups is 1. The van der Waals surface area contributed by atoms with E-state index in [9.17, 15) is 4.79 Å². The van der Waals surface area contributed by atoms with Gasteiger partial charge in [0.1, 0.15) is 5.82 Å². The first-order valence-electron chi connectivity index (χ1n) is 8.80. The van der Waals surface area contributed by atoms with Gasteiger partial charge in [0.05, 0.1) is 18.4 Å². The van der Waals surface area contributed by atoms with Crippen molar-refractivity contribution in [2.45, 2.75) is 20.4 Å². The first-order valence-corrected chi connectivity index (χ1v) is 8.80. The number of benzene rings is 1. The number of nitrogens with one attached hydrogen (secondary N) is 3. The van der Waals surface area contributed by atoms with E-state index < -0.39 is 0 Å². The normalized spacial score (nSPS) is 11.5. The van der Waals surface area contributed by atoms with E-state index in [0.29, 0.717) is 19.6 Å². The predicted molar refractivity (Wildman–Crippen MR) is 105 cm³/mol. The highest BCUT2D eigenvalue weighted by Crippen LogP contribution is 2.16.